The van der Waals surface area contributed by atoms with Gasteiger partial charge in [0.05, 0.1) is 5.69 Å². The van der Waals surface area contributed by atoms with Crippen LogP contribution in [-0.4, -0.2) is 4.98 Å². The average Bonchev–Trinajstić information content (AvgIpc) is 3.05. The second-order valence-electron chi connectivity index (χ2n) is 7.51. The Morgan fingerprint density at radius 3 is 2.33 bits per heavy atom. The summed E-state index contributed by atoms with van der Waals surface area (Å²) in [6, 6.07) is 27.7. The minimum absolute atomic E-state index is 0.0373. The Balaban J connectivity index is 1.71. The van der Waals surface area contributed by atoms with Crippen molar-refractivity contribution in [2.75, 3.05) is 0 Å². The van der Waals surface area contributed by atoms with Gasteiger partial charge in [-0.05, 0) is 41.7 Å². The molecule has 1 aliphatic heterocycles. The number of para-hydroxylation sites is 2. The lowest BCUT2D eigenvalue weighted by molar-refractivity contribution is 0.133. The predicted octanol–water partition coefficient (Wildman–Crippen LogP) is 6.50. The van der Waals surface area contributed by atoms with Crippen molar-refractivity contribution in [3.63, 3.8) is 0 Å². The lowest BCUT2D eigenvalue weighted by atomic mass is 9.75. The van der Waals surface area contributed by atoms with Gasteiger partial charge in [0.15, 0.2) is 0 Å². The van der Waals surface area contributed by atoms with Crippen LogP contribution in [0.1, 0.15) is 47.2 Å². The van der Waals surface area contributed by atoms with Gasteiger partial charge in [0.1, 0.15) is 11.9 Å². The molecule has 0 saturated carbocycles. The molecular weight excluding hydrogens is 330 g/mol. The summed E-state index contributed by atoms with van der Waals surface area (Å²) in [5.74, 6) is 1.63. The van der Waals surface area contributed by atoms with Crippen molar-refractivity contribution < 1.29 is 4.74 Å². The smallest absolute Gasteiger partial charge is 0.146 e. The third kappa shape index (κ3) is 2.56. The second kappa shape index (κ2) is 6.31. The molecule has 1 aromatic heterocycles. The predicted molar refractivity (Wildman–Crippen MR) is 110 cm³/mol. The van der Waals surface area contributed by atoms with E-state index >= 15 is 0 Å². The maximum atomic E-state index is 6.63. The molecule has 1 N–H and O–H groups in total. The number of hydrogen-bond donors (Lipinski definition) is 1. The maximum absolute atomic E-state index is 6.63. The van der Waals surface area contributed by atoms with Crippen molar-refractivity contribution in [3.05, 3.63) is 101 Å². The van der Waals surface area contributed by atoms with Crippen LogP contribution >= 0.6 is 0 Å². The molecule has 0 aliphatic carbocycles. The molecular formula is C25H23NO. The van der Waals surface area contributed by atoms with Gasteiger partial charge in [0, 0.05) is 16.8 Å². The van der Waals surface area contributed by atoms with Gasteiger partial charge in [0.2, 0.25) is 0 Å². The van der Waals surface area contributed by atoms with Gasteiger partial charge in [-0.15, -0.1) is 0 Å². The third-order valence-electron chi connectivity index (χ3n) is 6.00. The van der Waals surface area contributed by atoms with E-state index < -0.39 is 0 Å². The number of hydrogen-bond acceptors (Lipinski definition) is 1. The fourth-order valence-electron chi connectivity index (χ4n) is 4.59. The number of aromatic amines is 1. The van der Waals surface area contributed by atoms with Gasteiger partial charge in [-0.2, -0.15) is 0 Å². The number of aryl methyl sites for hydroxylation is 1. The van der Waals surface area contributed by atoms with Crippen molar-refractivity contribution >= 4 is 10.9 Å². The lowest BCUT2D eigenvalue weighted by Gasteiger charge is -2.38. The normalized spacial score (nSPS) is 21.6. The molecule has 27 heavy (non-hydrogen) atoms. The number of nitrogens with one attached hydrogen (secondary N) is 1. The number of ether oxygens (including phenoxy) is 1. The zero-order valence-electron chi connectivity index (χ0n) is 15.6. The SMILES string of the molecule is Cc1c([C@@H]2Oc3ccccc3[C@@H](C)[C@H]2c2ccccc2)[nH]c2ccccc12. The molecule has 0 radical (unpaired) electrons. The largest absolute Gasteiger partial charge is 0.483 e. The number of rotatable bonds is 2. The fourth-order valence-corrected chi connectivity index (χ4v) is 4.59. The van der Waals surface area contributed by atoms with Gasteiger partial charge >= 0.3 is 0 Å². The number of H-pyrrole nitrogens is 1. The van der Waals surface area contributed by atoms with E-state index in [1.165, 1.54) is 33.3 Å². The second-order valence-corrected chi connectivity index (χ2v) is 7.51. The van der Waals surface area contributed by atoms with Gasteiger partial charge in [0.25, 0.3) is 0 Å². The molecule has 4 aromatic rings. The summed E-state index contributed by atoms with van der Waals surface area (Å²) in [6.07, 6.45) is -0.0373. The van der Waals surface area contributed by atoms with Gasteiger partial charge in [-0.3, -0.25) is 0 Å². The Morgan fingerprint density at radius 2 is 1.52 bits per heavy atom. The third-order valence-corrected chi connectivity index (χ3v) is 6.00. The summed E-state index contributed by atoms with van der Waals surface area (Å²) in [6.45, 7) is 4.52. The molecule has 3 aromatic carbocycles. The first-order chi connectivity index (χ1) is 13.2. The van der Waals surface area contributed by atoms with Crippen LogP contribution in [0.25, 0.3) is 10.9 Å². The van der Waals surface area contributed by atoms with Crippen molar-refractivity contribution in [3.8, 4) is 5.75 Å². The maximum Gasteiger partial charge on any atom is 0.146 e. The molecule has 0 spiro atoms. The number of fused-ring (bicyclic) bond motifs is 2. The van der Waals surface area contributed by atoms with E-state index in [0.717, 1.165) is 5.75 Å². The first-order valence-corrected chi connectivity index (χ1v) is 9.62. The van der Waals surface area contributed by atoms with E-state index in [1.54, 1.807) is 0 Å². The molecule has 3 atom stereocenters. The van der Waals surface area contributed by atoms with E-state index in [0.29, 0.717) is 5.92 Å². The Bertz CT molecular complexity index is 1100. The van der Waals surface area contributed by atoms with E-state index in [9.17, 15) is 0 Å². The van der Waals surface area contributed by atoms with E-state index in [1.807, 2.05) is 0 Å². The first-order valence-electron chi connectivity index (χ1n) is 9.62. The van der Waals surface area contributed by atoms with Crippen LogP contribution in [0.4, 0.5) is 0 Å². The van der Waals surface area contributed by atoms with E-state index in [-0.39, 0.29) is 12.0 Å². The van der Waals surface area contributed by atoms with Crippen LogP contribution in [0.2, 0.25) is 0 Å². The highest BCUT2D eigenvalue weighted by Gasteiger charge is 2.39. The van der Waals surface area contributed by atoms with Crippen molar-refractivity contribution in [2.24, 2.45) is 0 Å². The van der Waals surface area contributed by atoms with Crippen molar-refractivity contribution in [1.29, 1.82) is 0 Å². The van der Waals surface area contributed by atoms with Crippen LogP contribution in [0.5, 0.6) is 5.75 Å². The summed E-state index contributed by atoms with van der Waals surface area (Å²) in [7, 11) is 0. The lowest BCUT2D eigenvalue weighted by Crippen LogP contribution is -2.28. The Kier molecular flexibility index (Phi) is 3.78. The molecule has 0 fully saturated rings. The molecule has 134 valence electrons. The molecule has 2 nitrogen and oxygen atoms in total. The summed E-state index contributed by atoms with van der Waals surface area (Å²) >= 11 is 0. The average molecular weight is 353 g/mol. The first kappa shape index (κ1) is 16.2. The molecule has 0 unspecified atom stereocenters. The van der Waals surface area contributed by atoms with Crippen LogP contribution in [0.15, 0.2) is 78.9 Å². The van der Waals surface area contributed by atoms with Crippen LogP contribution in [0, 0.1) is 6.92 Å². The Morgan fingerprint density at radius 1 is 0.815 bits per heavy atom. The van der Waals surface area contributed by atoms with Gasteiger partial charge < -0.3 is 9.72 Å². The minimum Gasteiger partial charge on any atom is -0.483 e. The van der Waals surface area contributed by atoms with Crippen LogP contribution < -0.4 is 4.74 Å². The van der Waals surface area contributed by atoms with Crippen LogP contribution in [0.3, 0.4) is 0 Å². The highest BCUT2D eigenvalue weighted by Crippen LogP contribution is 2.51. The van der Waals surface area contributed by atoms with E-state index in [2.05, 4.69) is 97.7 Å². The molecule has 1 aliphatic rings. The van der Waals surface area contributed by atoms with Crippen molar-refractivity contribution in [1.82, 2.24) is 4.98 Å². The molecule has 0 bridgehead atoms. The summed E-state index contributed by atoms with van der Waals surface area (Å²) in [5.41, 5.74) is 6.25. The molecule has 2 heteroatoms. The van der Waals surface area contributed by atoms with Gasteiger partial charge in [-0.1, -0.05) is 73.7 Å². The Labute approximate surface area is 159 Å². The topological polar surface area (TPSA) is 25.0 Å². The fraction of sp³-hybridized carbons (Fsp3) is 0.200. The molecule has 2 heterocycles. The zero-order valence-corrected chi connectivity index (χ0v) is 15.6. The summed E-state index contributed by atoms with van der Waals surface area (Å²) in [4.78, 5) is 3.66. The summed E-state index contributed by atoms with van der Waals surface area (Å²) < 4.78 is 6.63. The highest BCUT2D eigenvalue weighted by atomic mass is 16.5. The molecule has 0 saturated heterocycles. The van der Waals surface area contributed by atoms with Crippen molar-refractivity contribution in [2.45, 2.75) is 31.8 Å². The minimum atomic E-state index is -0.0373. The van der Waals surface area contributed by atoms with Gasteiger partial charge in [-0.25, -0.2) is 0 Å². The highest BCUT2D eigenvalue weighted by molar-refractivity contribution is 5.84. The quantitative estimate of drug-likeness (QED) is 0.437. The standard InChI is InChI=1S/C25H23NO/c1-16-20-13-7-9-15-22(20)27-25(23(16)18-10-4-3-5-11-18)24-17(2)19-12-6-8-14-21(19)26-24/h3-16,23,25-26H,1-2H3/t16-,23+,25-/m1/s1. The van der Waals surface area contributed by atoms with Crippen LogP contribution in [-0.2, 0) is 0 Å². The number of aromatic nitrogens is 1. The Hall–Kier alpha value is -3.00. The number of benzene rings is 3. The molecule has 0 amide bonds. The zero-order chi connectivity index (χ0) is 18.4. The monoisotopic (exact) mass is 353 g/mol. The summed E-state index contributed by atoms with van der Waals surface area (Å²) in [5, 5.41) is 1.27. The molecule has 5 rings (SSSR count). The van der Waals surface area contributed by atoms with E-state index in [4.69, 9.17) is 4.74 Å².